The zero-order chi connectivity index (χ0) is 15.0. The molecule has 0 saturated carbocycles. The first-order chi connectivity index (χ1) is 10.0. The Bertz CT molecular complexity index is 721. The van der Waals surface area contributed by atoms with E-state index in [0.717, 1.165) is 17.7 Å². The number of ether oxygens (including phenoxy) is 1. The molecule has 0 radical (unpaired) electrons. The Labute approximate surface area is 124 Å². The van der Waals surface area contributed by atoms with Crippen LogP contribution in [0.3, 0.4) is 0 Å². The van der Waals surface area contributed by atoms with Crippen LogP contribution in [-0.4, -0.2) is 12.0 Å². The molecule has 1 unspecified atom stereocenters. The van der Waals surface area contributed by atoms with E-state index in [4.69, 9.17) is 16.3 Å². The van der Waals surface area contributed by atoms with Crippen molar-refractivity contribution in [1.82, 2.24) is 0 Å². The van der Waals surface area contributed by atoms with Crippen molar-refractivity contribution in [1.29, 1.82) is 0 Å². The highest BCUT2D eigenvalue weighted by molar-refractivity contribution is 6.30. The van der Waals surface area contributed by atoms with Crippen LogP contribution in [-0.2, 0) is 11.2 Å². The number of nitrogens with one attached hydrogen (secondary N) is 1. The highest BCUT2D eigenvalue weighted by atomic mass is 35.5. The summed E-state index contributed by atoms with van der Waals surface area (Å²) in [5.41, 5.74) is 1.02. The van der Waals surface area contributed by atoms with Crippen molar-refractivity contribution >= 4 is 23.2 Å². The van der Waals surface area contributed by atoms with Gasteiger partial charge in [-0.2, -0.15) is 0 Å². The second-order valence-corrected chi connectivity index (χ2v) is 5.12. The first-order valence-corrected chi connectivity index (χ1v) is 6.62. The average Bonchev–Trinajstić information content (AvgIpc) is 2.86. The van der Waals surface area contributed by atoms with Gasteiger partial charge in [-0.3, -0.25) is 4.79 Å². The molecular weight excluding hydrogens is 300 g/mol. The quantitative estimate of drug-likeness (QED) is 0.921. The van der Waals surface area contributed by atoms with Crippen LogP contribution in [0.5, 0.6) is 5.75 Å². The monoisotopic (exact) mass is 309 g/mol. The lowest BCUT2D eigenvalue weighted by Gasteiger charge is -2.11. The highest BCUT2D eigenvalue weighted by Crippen LogP contribution is 2.31. The zero-order valence-electron chi connectivity index (χ0n) is 10.7. The van der Waals surface area contributed by atoms with E-state index >= 15 is 0 Å². The summed E-state index contributed by atoms with van der Waals surface area (Å²) in [6.45, 7) is 0. The number of hydrogen-bond donors (Lipinski definition) is 1. The van der Waals surface area contributed by atoms with Crippen molar-refractivity contribution < 1.29 is 18.3 Å². The summed E-state index contributed by atoms with van der Waals surface area (Å²) in [6, 6.07) is 8.27. The van der Waals surface area contributed by atoms with Crippen LogP contribution in [0.2, 0.25) is 5.02 Å². The van der Waals surface area contributed by atoms with Crippen LogP contribution in [0.15, 0.2) is 36.4 Å². The van der Waals surface area contributed by atoms with E-state index in [2.05, 4.69) is 5.32 Å². The molecular formula is C15H10ClF2NO2. The minimum atomic E-state index is -1.02. The Hall–Kier alpha value is -2.14. The van der Waals surface area contributed by atoms with E-state index in [0.29, 0.717) is 17.2 Å². The van der Waals surface area contributed by atoms with Gasteiger partial charge in [-0.15, -0.1) is 0 Å². The molecule has 1 amide bonds. The predicted octanol–water partition coefficient (Wildman–Crippen LogP) is 3.56. The molecule has 6 heteroatoms. The van der Waals surface area contributed by atoms with Crippen molar-refractivity contribution in [3.05, 3.63) is 58.6 Å². The van der Waals surface area contributed by atoms with Crippen molar-refractivity contribution in [3.8, 4) is 5.75 Å². The number of hydrogen-bond acceptors (Lipinski definition) is 2. The van der Waals surface area contributed by atoms with Crippen molar-refractivity contribution in [2.24, 2.45) is 0 Å². The maximum atomic E-state index is 13.1. The Kier molecular flexibility index (Phi) is 3.51. The molecule has 0 aliphatic carbocycles. The summed E-state index contributed by atoms with van der Waals surface area (Å²) < 4.78 is 31.4. The molecule has 2 aromatic rings. The summed E-state index contributed by atoms with van der Waals surface area (Å²) in [4.78, 5) is 12.1. The first kappa shape index (κ1) is 13.8. The third kappa shape index (κ3) is 2.83. The molecule has 0 bridgehead atoms. The second kappa shape index (κ2) is 5.33. The van der Waals surface area contributed by atoms with E-state index in [1.54, 1.807) is 18.2 Å². The molecule has 108 valence electrons. The van der Waals surface area contributed by atoms with E-state index < -0.39 is 23.6 Å². The molecule has 1 aliphatic heterocycles. The number of amides is 1. The lowest BCUT2D eigenvalue weighted by atomic mass is 10.1. The number of carbonyl (C=O) groups is 1. The Morgan fingerprint density at radius 1 is 1.19 bits per heavy atom. The van der Waals surface area contributed by atoms with Gasteiger partial charge in [0.15, 0.2) is 17.7 Å². The van der Waals surface area contributed by atoms with Crippen LogP contribution in [0.1, 0.15) is 5.56 Å². The molecule has 1 heterocycles. The van der Waals surface area contributed by atoms with Gasteiger partial charge >= 0.3 is 0 Å². The van der Waals surface area contributed by atoms with Gasteiger partial charge in [0, 0.05) is 23.2 Å². The van der Waals surface area contributed by atoms with E-state index in [1.807, 2.05) is 0 Å². The number of benzene rings is 2. The number of rotatable bonds is 2. The maximum absolute atomic E-state index is 13.1. The van der Waals surface area contributed by atoms with E-state index in [1.165, 1.54) is 6.07 Å². The number of fused-ring (bicyclic) bond motifs is 1. The number of halogens is 3. The normalized spacial score (nSPS) is 16.2. The van der Waals surface area contributed by atoms with E-state index in [-0.39, 0.29) is 5.69 Å². The van der Waals surface area contributed by atoms with Crippen LogP contribution >= 0.6 is 11.6 Å². The lowest BCUT2D eigenvalue weighted by molar-refractivity contribution is -0.122. The smallest absolute Gasteiger partial charge is 0.265 e. The molecule has 0 fully saturated rings. The van der Waals surface area contributed by atoms with Crippen molar-refractivity contribution in [2.45, 2.75) is 12.5 Å². The van der Waals surface area contributed by atoms with Gasteiger partial charge in [-0.1, -0.05) is 11.6 Å². The fourth-order valence-electron chi connectivity index (χ4n) is 2.16. The van der Waals surface area contributed by atoms with Gasteiger partial charge in [-0.05, 0) is 35.9 Å². The van der Waals surface area contributed by atoms with Gasteiger partial charge < -0.3 is 10.1 Å². The summed E-state index contributed by atoms with van der Waals surface area (Å²) in [7, 11) is 0. The third-order valence-corrected chi connectivity index (χ3v) is 3.41. The lowest BCUT2D eigenvalue weighted by Crippen LogP contribution is -2.31. The fraction of sp³-hybridized carbons (Fsp3) is 0.133. The van der Waals surface area contributed by atoms with Crippen LogP contribution < -0.4 is 10.1 Å². The molecule has 0 aromatic heterocycles. The average molecular weight is 310 g/mol. The molecule has 3 rings (SSSR count). The third-order valence-electron chi connectivity index (χ3n) is 3.18. The first-order valence-electron chi connectivity index (χ1n) is 6.24. The van der Waals surface area contributed by atoms with E-state index in [9.17, 15) is 13.6 Å². The van der Waals surface area contributed by atoms with Crippen LogP contribution in [0, 0.1) is 11.6 Å². The van der Waals surface area contributed by atoms with Gasteiger partial charge in [0.1, 0.15) is 5.75 Å². The van der Waals surface area contributed by atoms with Gasteiger partial charge in [0.2, 0.25) is 0 Å². The standard InChI is InChI=1S/C15H10ClF2NO2/c16-9-1-4-13-8(5-9)6-14(21-13)15(20)19-10-2-3-11(17)12(18)7-10/h1-5,7,14H,6H2,(H,19,20). The topological polar surface area (TPSA) is 38.3 Å². The predicted molar refractivity (Wildman–Crippen MR) is 74.6 cm³/mol. The Morgan fingerprint density at radius 3 is 2.76 bits per heavy atom. The molecule has 1 aliphatic rings. The zero-order valence-corrected chi connectivity index (χ0v) is 11.5. The molecule has 1 N–H and O–H groups in total. The Morgan fingerprint density at radius 2 is 2.00 bits per heavy atom. The summed E-state index contributed by atoms with van der Waals surface area (Å²) in [5.74, 6) is -1.81. The van der Waals surface area contributed by atoms with Gasteiger partial charge in [0.05, 0.1) is 0 Å². The summed E-state index contributed by atoms with van der Waals surface area (Å²) in [5, 5.41) is 3.07. The molecule has 1 atom stereocenters. The van der Waals surface area contributed by atoms with Crippen molar-refractivity contribution in [2.75, 3.05) is 5.32 Å². The molecule has 0 saturated heterocycles. The second-order valence-electron chi connectivity index (χ2n) is 4.68. The number of anilines is 1. The highest BCUT2D eigenvalue weighted by Gasteiger charge is 2.29. The summed E-state index contributed by atoms with van der Waals surface area (Å²) >= 11 is 5.88. The Balaban J connectivity index is 1.71. The van der Waals surface area contributed by atoms with Crippen LogP contribution in [0.4, 0.5) is 14.5 Å². The maximum Gasteiger partial charge on any atom is 0.265 e. The molecule has 2 aromatic carbocycles. The minimum Gasteiger partial charge on any atom is -0.480 e. The van der Waals surface area contributed by atoms with Crippen LogP contribution in [0.25, 0.3) is 0 Å². The molecule has 0 spiro atoms. The van der Waals surface area contributed by atoms with Crippen molar-refractivity contribution in [3.63, 3.8) is 0 Å². The fourth-order valence-corrected chi connectivity index (χ4v) is 2.35. The molecule has 21 heavy (non-hydrogen) atoms. The largest absolute Gasteiger partial charge is 0.480 e. The SMILES string of the molecule is O=C(Nc1ccc(F)c(F)c1)C1Cc2cc(Cl)ccc2O1. The minimum absolute atomic E-state index is 0.177. The van der Waals surface area contributed by atoms with Gasteiger partial charge in [-0.25, -0.2) is 8.78 Å². The number of carbonyl (C=O) groups excluding carboxylic acids is 1. The molecule has 3 nitrogen and oxygen atoms in total. The summed E-state index contributed by atoms with van der Waals surface area (Å²) in [6.07, 6.45) is -0.336. The van der Waals surface area contributed by atoms with Gasteiger partial charge in [0.25, 0.3) is 5.91 Å².